The molecule has 4 nitrogen and oxygen atoms in total. The van der Waals surface area contributed by atoms with E-state index in [9.17, 15) is 4.79 Å². The lowest BCUT2D eigenvalue weighted by Crippen LogP contribution is -2.19. The molecule has 0 spiro atoms. The largest absolute Gasteiger partial charge is 0.325 e. The predicted octanol–water partition coefficient (Wildman–Crippen LogP) is 6.40. The summed E-state index contributed by atoms with van der Waals surface area (Å²) in [6.45, 7) is 0. The van der Waals surface area contributed by atoms with E-state index >= 15 is 0 Å². The topological polar surface area (TPSA) is 54.0 Å². The molecular weight excluding hydrogens is 377 g/mol. The first-order valence-electron chi connectivity index (χ1n) is 7.41. The molecule has 2 N–H and O–H groups in total. The highest BCUT2D eigenvalue weighted by molar-refractivity contribution is 7.22. The first kappa shape index (κ1) is 16.1. The van der Waals surface area contributed by atoms with Gasteiger partial charge in [0.25, 0.3) is 0 Å². The van der Waals surface area contributed by atoms with E-state index in [0.29, 0.717) is 20.9 Å². The average molecular weight is 388 g/mol. The van der Waals surface area contributed by atoms with Crippen LogP contribution in [0.4, 0.5) is 15.6 Å². The molecule has 124 valence electrons. The monoisotopic (exact) mass is 387 g/mol. The Labute approximate surface area is 157 Å². The number of nitrogens with zero attached hydrogens (tertiary/aromatic N) is 1. The Hall–Kier alpha value is -2.34. The quantitative estimate of drug-likeness (QED) is 0.417. The summed E-state index contributed by atoms with van der Waals surface area (Å²) in [6.07, 6.45) is 0. The molecule has 7 heteroatoms. The minimum absolute atomic E-state index is 0.380. The normalized spacial score (nSPS) is 11.0. The van der Waals surface area contributed by atoms with Crippen molar-refractivity contribution in [1.29, 1.82) is 0 Å². The summed E-state index contributed by atoms with van der Waals surface area (Å²) in [5.74, 6) is 0. The van der Waals surface area contributed by atoms with E-state index in [2.05, 4.69) is 21.7 Å². The molecule has 0 saturated heterocycles. The van der Waals surface area contributed by atoms with Crippen LogP contribution in [-0.4, -0.2) is 11.0 Å². The van der Waals surface area contributed by atoms with Crippen LogP contribution in [0, 0.1) is 0 Å². The average Bonchev–Trinajstić information content (AvgIpc) is 3.01. The van der Waals surface area contributed by atoms with Gasteiger partial charge in [0.1, 0.15) is 0 Å². The number of halogens is 2. The maximum atomic E-state index is 12.2. The number of thiazole rings is 1. The number of rotatable bonds is 2. The van der Waals surface area contributed by atoms with E-state index in [0.717, 1.165) is 21.0 Å². The van der Waals surface area contributed by atoms with Crippen LogP contribution in [0.25, 0.3) is 21.0 Å². The maximum Gasteiger partial charge on any atom is 0.325 e. The summed E-state index contributed by atoms with van der Waals surface area (Å²) in [4.78, 5) is 16.7. The van der Waals surface area contributed by atoms with Gasteiger partial charge in [-0.15, -0.1) is 0 Å². The highest BCUT2D eigenvalue weighted by atomic mass is 35.5. The minimum Gasteiger partial charge on any atom is -0.308 e. The number of hydrogen-bond donors (Lipinski definition) is 2. The Bertz CT molecular complexity index is 1110. The van der Waals surface area contributed by atoms with E-state index in [1.165, 1.54) is 11.3 Å². The molecule has 0 aliphatic heterocycles. The van der Waals surface area contributed by atoms with Gasteiger partial charge in [0.15, 0.2) is 5.13 Å². The minimum atomic E-state index is -0.387. The van der Waals surface area contributed by atoms with Gasteiger partial charge >= 0.3 is 6.03 Å². The van der Waals surface area contributed by atoms with E-state index in [4.69, 9.17) is 23.2 Å². The highest BCUT2D eigenvalue weighted by Gasteiger charge is 2.10. The SMILES string of the molecule is O=C(Nc1ccc(Cl)c(Cl)c1)Nc1nc2c(ccc3ccccc32)s1. The molecule has 4 aromatic rings. The number of nitrogens with one attached hydrogen (secondary N) is 2. The van der Waals surface area contributed by atoms with Crippen LogP contribution in [-0.2, 0) is 0 Å². The van der Waals surface area contributed by atoms with Gasteiger partial charge in [-0.3, -0.25) is 5.32 Å². The number of urea groups is 1. The number of benzene rings is 3. The Kier molecular flexibility index (Phi) is 4.21. The van der Waals surface area contributed by atoms with Crippen LogP contribution in [0.1, 0.15) is 0 Å². The second-order valence-corrected chi connectivity index (χ2v) is 7.21. The highest BCUT2D eigenvalue weighted by Crippen LogP contribution is 2.32. The standard InChI is InChI=1S/C18H11Cl2N3OS/c19-13-7-6-11(9-14(13)20)21-17(24)23-18-22-16-12-4-2-1-3-10(12)5-8-15(16)25-18/h1-9H,(H2,21,22,23,24). The zero-order valence-electron chi connectivity index (χ0n) is 12.7. The van der Waals surface area contributed by atoms with Gasteiger partial charge < -0.3 is 5.32 Å². The van der Waals surface area contributed by atoms with Crippen molar-refractivity contribution < 1.29 is 4.79 Å². The Morgan fingerprint density at radius 3 is 2.64 bits per heavy atom. The van der Waals surface area contributed by atoms with Crippen LogP contribution in [0.2, 0.25) is 10.0 Å². The Balaban J connectivity index is 1.58. The third-order valence-corrected chi connectivity index (χ3v) is 5.36. The molecule has 0 fully saturated rings. The van der Waals surface area contributed by atoms with E-state index < -0.39 is 0 Å². The van der Waals surface area contributed by atoms with E-state index in [1.54, 1.807) is 18.2 Å². The van der Waals surface area contributed by atoms with Crippen LogP contribution in [0.5, 0.6) is 0 Å². The molecule has 0 atom stereocenters. The van der Waals surface area contributed by atoms with Crippen LogP contribution in [0.3, 0.4) is 0 Å². The Morgan fingerprint density at radius 2 is 1.80 bits per heavy atom. The summed E-state index contributed by atoms with van der Waals surface area (Å²) in [7, 11) is 0. The number of carbonyl (C=O) groups is 1. The third kappa shape index (κ3) is 3.26. The molecule has 25 heavy (non-hydrogen) atoms. The number of anilines is 2. The van der Waals surface area contributed by atoms with Gasteiger partial charge in [-0.05, 0) is 29.7 Å². The van der Waals surface area contributed by atoms with Crippen molar-refractivity contribution in [2.75, 3.05) is 10.6 Å². The van der Waals surface area contributed by atoms with E-state index in [1.807, 2.05) is 30.3 Å². The second kappa shape index (κ2) is 6.52. The molecular formula is C18H11Cl2N3OS. The van der Waals surface area contributed by atoms with Gasteiger partial charge in [0.2, 0.25) is 0 Å². The summed E-state index contributed by atoms with van der Waals surface area (Å²) in [5, 5.41) is 9.00. The van der Waals surface area contributed by atoms with Crippen molar-refractivity contribution in [3.63, 3.8) is 0 Å². The predicted molar refractivity (Wildman–Crippen MR) is 106 cm³/mol. The van der Waals surface area contributed by atoms with Crippen molar-refractivity contribution >= 4 is 72.4 Å². The lowest BCUT2D eigenvalue weighted by atomic mass is 10.1. The fourth-order valence-corrected chi connectivity index (χ4v) is 3.72. The first-order chi connectivity index (χ1) is 12.1. The second-order valence-electron chi connectivity index (χ2n) is 5.36. The molecule has 4 rings (SSSR count). The van der Waals surface area contributed by atoms with Crippen LogP contribution >= 0.6 is 34.5 Å². The molecule has 0 aliphatic rings. The first-order valence-corrected chi connectivity index (χ1v) is 8.99. The number of amides is 2. The molecule has 0 aliphatic carbocycles. The smallest absolute Gasteiger partial charge is 0.308 e. The van der Waals surface area contributed by atoms with Crippen molar-refractivity contribution in [2.24, 2.45) is 0 Å². The van der Waals surface area contributed by atoms with Gasteiger partial charge in [-0.25, -0.2) is 9.78 Å². The third-order valence-electron chi connectivity index (χ3n) is 3.68. The Morgan fingerprint density at radius 1 is 0.960 bits per heavy atom. The van der Waals surface area contributed by atoms with Gasteiger partial charge in [0.05, 0.1) is 20.3 Å². The van der Waals surface area contributed by atoms with Crippen molar-refractivity contribution in [2.45, 2.75) is 0 Å². The van der Waals surface area contributed by atoms with Gasteiger partial charge in [-0.2, -0.15) is 0 Å². The number of fused-ring (bicyclic) bond motifs is 3. The fourth-order valence-electron chi connectivity index (χ4n) is 2.55. The van der Waals surface area contributed by atoms with Crippen LogP contribution in [0.15, 0.2) is 54.6 Å². The summed E-state index contributed by atoms with van der Waals surface area (Å²) in [5.41, 5.74) is 1.44. The van der Waals surface area contributed by atoms with Gasteiger partial charge in [-0.1, -0.05) is 64.9 Å². The zero-order valence-corrected chi connectivity index (χ0v) is 15.0. The van der Waals surface area contributed by atoms with Gasteiger partial charge in [0, 0.05) is 11.1 Å². The molecule has 2 amide bonds. The number of carbonyl (C=O) groups excluding carboxylic acids is 1. The molecule has 3 aromatic carbocycles. The summed E-state index contributed by atoms with van der Waals surface area (Å²) < 4.78 is 1.02. The fraction of sp³-hybridized carbons (Fsp3) is 0. The number of hydrogen-bond acceptors (Lipinski definition) is 3. The van der Waals surface area contributed by atoms with Crippen molar-refractivity contribution in [3.8, 4) is 0 Å². The molecule has 1 aromatic heterocycles. The molecule has 1 heterocycles. The number of aromatic nitrogens is 1. The molecule has 0 bridgehead atoms. The summed E-state index contributed by atoms with van der Waals surface area (Å²) in [6, 6.07) is 16.6. The van der Waals surface area contributed by atoms with Crippen LogP contribution < -0.4 is 10.6 Å². The maximum absolute atomic E-state index is 12.2. The zero-order chi connectivity index (χ0) is 17.4. The molecule has 0 unspecified atom stereocenters. The summed E-state index contributed by atoms with van der Waals surface area (Å²) >= 11 is 13.3. The van der Waals surface area contributed by atoms with Crippen molar-refractivity contribution in [3.05, 3.63) is 64.6 Å². The van der Waals surface area contributed by atoms with E-state index in [-0.39, 0.29) is 6.03 Å². The van der Waals surface area contributed by atoms with Crippen molar-refractivity contribution in [1.82, 2.24) is 4.98 Å². The lowest BCUT2D eigenvalue weighted by molar-refractivity contribution is 0.262. The molecule has 0 saturated carbocycles. The molecule has 0 radical (unpaired) electrons. The lowest BCUT2D eigenvalue weighted by Gasteiger charge is -2.06.